The van der Waals surface area contributed by atoms with Gasteiger partial charge in [0, 0.05) is 32.6 Å². The number of aryl methyl sites for hydroxylation is 1. The summed E-state index contributed by atoms with van der Waals surface area (Å²) in [6.07, 6.45) is 0.964. The minimum atomic E-state index is -3.61. The zero-order valence-corrected chi connectivity index (χ0v) is 22.5. The summed E-state index contributed by atoms with van der Waals surface area (Å²) in [4.78, 5) is 22.1. The molecule has 36 heavy (non-hydrogen) atoms. The number of nitrogens with zero attached hydrogens (tertiary/aromatic N) is 3. The third-order valence-corrected chi connectivity index (χ3v) is 9.51. The van der Waals surface area contributed by atoms with Crippen molar-refractivity contribution >= 4 is 54.0 Å². The van der Waals surface area contributed by atoms with Gasteiger partial charge in [-0.2, -0.15) is 0 Å². The molecule has 0 atom stereocenters. The highest BCUT2D eigenvalue weighted by Crippen LogP contribution is 2.36. The summed E-state index contributed by atoms with van der Waals surface area (Å²) >= 11 is 7.76. The SMILES string of the molecule is Cc1ccc(Cl)c2sc(N(CCCN3CCOCC3)C(=O)CCCS(=O)(=O)c3ccc(F)cc3)nc12. The smallest absolute Gasteiger partial charge is 0.228 e. The minimum Gasteiger partial charge on any atom is -0.379 e. The predicted molar refractivity (Wildman–Crippen MR) is 141 cm³/mol. The Morgan fingerprint density at radius 2 is 1.89 bits per heavy atom. The molecule has 0 spiro atoms. The number of rotatable bonds is 10. The van der Waals surface area contributed by atoms with Gasteiger partial charge in [-0.05, 0) is 55.7 Å². The van der Waals surface area contributed by atoms with E-state index in [2.05, 4.69) is 4.90 Å². The van der Waals surface area contributed by atoms with E-state index in [0.29, 0.717) is 29.9 Å². The lowest BCUT2D eigenvalue weighted by atomic mass is 10.2. The van der Waals surface area contributed by atoms with Crippen LogP contribution in [0.4, 0.5) is 9.52 Å². The fourth-order valence-electron chi connectivity index (χ4n) is 4.12. The molecule has 1 aliphatic rings. The van der Waals surface area contributed by atoms with Gasteiger partial charge in [0.1, 0.15) is 5.82 Å². The van der Waals surface area contributed by atoms with Crippen molar-refractivity contribution < 1.29 is 22.3 Å². The molecule has 0 aliphatic carbocycles. The largest absolute Gasteiger partial charge is 0.379 e. The van der Waals surface area contributed by atoms with Crippen molar-refractivity contribution in [1.29, 1.82) is 0 Å². The maximum atomic E-state index is 13.3. The van der Waals surface area contributed by atoms with Gasteiger partial charge in [-0.15, -0.1) is 0 Å². The van der Waals surface area contributed by atoms with Gasteiger partial charge in [-0.1, -0.05) is 29.0 Å². The van der Waals surface area contributed by atoms with Crippen molar-refractivity contribution in [3.63, 3.8) is 0 Å². The molecule has 2 heterocycles. The molecule has 1 aromatic heterocycles. The molecule has 2 aromatic carbocycles. The van der Waals surface area contributed by atoms with Gasteiger partial charge in [-0.3, -0.25) is 14.6 Å². The molecule has 11 heteroatoms. The van der Waals surface area contributed by atoms with E-state index >= 15 is 0 Å². The van der Waals surface area contributed by atoms with E-state index < -0.39 is 15.7 Å². The predicted octanol–water partition coefficient (Wildman–Crippen LogP) is 4.71. The molecule has 0 unspecified atom stereocenters. The summed E-state index contributed by atoms with van der Waals surface area (Å²) < 4.78 is 44.6. The van der Waals surface area contributed by atoms with Crippen LogP contribution < -0.4 is 4.90 Å². The Hall–Kier alpha value is -2.11. The van der Waals surface area contributed by atoms with Crippen LogP contribution in [0.5, 0.6) is 0 Å². The Bertz CT molecular complexity index is 1270. The fraction of sp³-hybridized carbons (Fsp3) is 0.440. The molecule has 4 rings (SSSR count). The molecule has 1 amide bonds. The second kappa shape index (κ2) is 12.0. The lowest BCUT2D eigenvalue weighted by Crippen LogP contribution is -2.39. The third-order valence-electron chi connectivity index (χ3n) is 6.15. The first-order valence-electron chi connectivity index (χ1n) is 11.9. The maximum Gasteiger partial charge on any atom is 0.228 e. The molecular formula is C25H29ClFN3O4S2. The van der Waals surface area contributed by atoms with Crippen molar-refractivity contribution in [2.75, 3.05) is 50.0 Å². The molecule has 0 bridgehead atoms. The molecule has 1 fully saturated rings. The second-order valence-electron chi connectivity index (χ2n) is 8.77. The van der Waals surface area contributed by atoms with Crippen molar-refractivity contribution in [3.05, 3.63) is 52.8 Å². The number of benzene rings is 2. The summed E-state index contributed by atoms with van der Waals surface area (Å²) in [6, 6.07) is 8.46. The van der Waals surface area contributed by atoms with E-state index in [1.165, 1.54) is 23.5 Å². The summed E-state index contributed by atoms with van der Waals surface area (Å²) in [6.45, 7) is 6.40. The maximum absolute atomic E-state index is 13.3. The van der Waals surface area contributed by atoms with E-state index in [4.69, 9.17) is 21.3 Å². The molecule has 0 N–H and O–H groups in total. The molecule has 3 aromatic rings. The van der Waals surface area contributed by atoms with Crippen molar-refractivity contribution in [2.45, 2.75) is 31.1 Å². The number of amides is 1. The molecule has 1 aliphatic heterocycles. The normalized spacial score (nSPS) is 14.9. The van der Waals surface area contributed by atoms with Crippen LogP contribution in [0.2, 0.25) is 5.02 Å². The van der Waals surface area contributed by atoms with Crippen LogP contribution in [0, 0.1) is 12.7 Å². The Balaban J connectivity index is 1.46. The number of sulfone groups is 1. The van der Waals surface area contributed by atoms with E-state index in [9.17, 15) is 17.6 Å². The number of fused-ring (bicyclic) bond motifs is 1. The highest BCUT2D eigenvalue weighted by atomic mass is 35.5. The van der Waals surface area contributed by atoms with Gasteiger partial charge in [0.25, 0.3) is 0 Å². The number of hydrogen-bond acceptors (Lipinski definition) is 7. The number of carbonyl (C=O) groups is 1. The van der Waals surface area contributed by atoms with Crippen molar-refractivity contribution in [1.82, 2.24) is 9.88 Å². The van der Waals surface area contributed by atoms with Gasteiger partial charge in [0.15, 0.2) is 15.0 Å². The van der Waals surface area contributed by atoms with Crippen LogP contribution in [-0.2, 0) is 19.4 Å². The molecule has 7 nitrogen and oxygen atoms in total. The molecular weight excluding hydrogens is 525 g/mol. The number of anilines is 1. The lowest BCUT2D eigenvalue weighted by molar-refractivity contribution is -0.118. The van der Waals surface area contributed by atoms with E-state index in [1.807, 2.05) is 19.1 Å². The average Bonchev–Trinajstić information content (AvgIpc) is 3.31. The van der Waals surface area contributed by atoms with Crippen molar-refractivity contribution in [3.8, 4) is 0 Å². The van der Waals surface area contributed by atoms with Gasteiger partial charge in [-0.25, -0.2) is 17.8 Å². The number of ether oxygens (including phenoxy) is 1. The van der Waals surface area contributed by atoms with Gasteiger partial charge in [0.05, 0.1) is 39.1 Å². The minimum absolute atomic E-state index is 0.0509. The summed E-state index contributed by atoms with van der Waals surface area (Å²) in [5.41, 5.74) is 1.75. The molecule has 0 radical (unpaired) electrons. The molecule has 1 saturated heterocycles. The van der Waals surface area contributed by atoms with Gasteiger partial charge in [0.2, 0.25) is 5.91 Å². The summed E-state index contributed by atoms with van der Waals surface area (Å²) in [7, 11) is -3.61. The first kappa shape index (κ1) is 26.9. The Morgan fingerprint density at radius 1 is 1.17 bits per heavy atom. The zero-order valence-electron chi connectivity index (χ0n) is 20.1. The quantitative estimate of drug-likeness (QED) is 0.338. The Kier molecular flexibility index (Phi) is 8.95. The lowest BCUT2D eigenvalue weighted by Gasteiger charge is -2.27. The van der Waals surface area contributed by atoms with Gasteiger partial charge >= 0.3 is 0 Å². The van der Waals surface area contributed by atoms with E-state index in [1.54, 1.807) is 4.90 Å². The highest BCUT2D eigenvalue weighted by Gasteiger charge is 2.23. The summed E-state index contributed by atoms with van der Waals surface area (Å²) in [5.74, 6) is -0.876. The Labute approximate surface area is 219 Å². The van der Waals surface area contributed by atoms with Crippen molar-refractivity contribution in [2.24, 2.45) is 0 Å². The first-order chi connectivity index (χ1) is 17.2. The van der Waals surface area contributed by atoms with Crippen LogP contribution in [0.25, 0.3) is 10.2 Å². The first-order valence-corrected chi connectivity index (χ1v) is 14.7. The molecule has 194 valence electrons. The van der Waals surface area contributed by atoms with E-state index in [-0.39, 0.29) is 29.4 Å². The number of aromatic nitrogens is 1. The number of thiazole rings is 1. The second-order valence-corrected chi connectivity index (χ2v) is 12.3. The molecule has 0 saturated carbocycles. The van der Waals surface area contributed by atoms with Gasteiger partial charge < -0.3 is 4.74 Å². The number of hydrogen-bond donors (Lipinski definition) is 0. The zero-order chi connectivity index (χ0) is 25.7. The standard InChI is InChI=1S/C25H29ClFN3O4S2/c1-18-5-10-21(26)24-23(18)28-25(35-24)30(12-3-11-29-13-15-34-16-14-29)22(31)4-2-17-36(32,33)20-8-6-19(27)7-9-20/h5-10H,2-4,11-17H2,1H3. The number of morpholine rings is 1. The van der Waals surface area contributed by atoms with E-state index in [0.717, 1.165) is 54.0 Å². The third kappa shape index (κ3) is 6.60. The van der Waals surface area contributed by atoms with Crippen LogP contribution >= 0.6 is 22.9 Å². The number of carbonyl (C=O) groups excluding carboxylic acids is 1. The fourth-order valence-corrected chi connectivity index (χ4v) is 6.79. The Morgan fingerprint density at radius 3 is 2.58 bits per heavy atom. The topological polar surface area (TPSA) is 79.8 Å². The summed E-state index contributed by atoms with van der Waals surface area (Å²) in [5, 5.41) is 1.15. The highest BCUT2D eigenvalue weighted by molar-refractivity contribution is 7.91. The van der Waals surface area contributed by atoms with Crippen LogP contribution in [0.15, 0.2) is 41.3 Å². The van der Waals surface area contributed by atoms with Crippen LogP contribution in [0.1, 0.15) is 24.8 Å². The number of halogens is 2. The van der Waals surface area contributed by atoms with Crippen LogP contribution in [0.3, 0.4) is 0 Å². The monoisotopic (exact) mass is 553 g/mol. The van der Waals surface area contributed by atoms with Crippen LogP contribution in [-0.4, -0.2) is 69.4 Å². The average molecular weight is 554 g/mol.